The predicted octanol–water partition coefficient (Wildman–Crippen LogP) is 3.55. The van der Waals surface area contributed by atoms with Crippen molar-refractivity contribution in [3.8, 4) is 11.5 Å². The van der Waals surface area contributed by atoms with Crippen molar-refractivity contribution in [1.82, 2.24) is 10.6 Å². The highest BCUT2D eigenvalue weighted by atomic mass is 127. The third kappa shape index (κ3) is 8.94. The highest BCUT2D eigenvalue weighted by molar-refractivity contribution is 14.0. The number of aryl methyl sites for hydroxylation is 1. The van der Waals surface area contributed by atoms with Gasteiger partial charge < -0.3 is 20.1 Å². The molecule has 0 bridgehead atoms. The first-order valence-electron chi connectivity index (χ1n) is 9.85. The normalized spacial score (nSPS) is 12.5. The maximum absolute atomic E-state index is 11.8. The predicted molar refractivity (Wildman–Crippen MR) is 136 cm³/mol. The van der Waals surface area contributed by atoms with E-state index < -0.39 is 9.84 Å². The minimum Gasteiger partial charge on any atom is -0.497 e. The Labute approximate surface area is 202 Å². The third-order valence-electron chi connectivity index (χ3n) is 4.34. The molecule has 1 atom stereocenters. The van der Waals surface area contributed by atoms with Crippen LogP contribution in [0.15, 0.2) is 52.4 Å². The van der Waals surface area contributed by atoms with Crippen LogP contribution in [0.5, 0.6) is 11.5 Å². The number of guanidine groups is 1. The fourth-order valence-corrected chi connectivity index (χ4v) is 3.89. The van der Waals surface area contributed by atoms with Gasteiger partial charge in [-0.1, -0.05) is 18.2 Å². The number of benzene rings is 2. The lowest BCUT2D eigenvalue weighted by molar-refractivity contribution is 0.223. The van der Waals surface area contributed by atoms with Crippen LogP contribution in [0.2, 0.25) is 0 Å². The lowest BCUT2D eigenvalue weighted by Crippen LogP contribution is -2.41. The van der Waals surface area contributed by atoms with E-state index in [4.69, 9.17) is 9.47 Å². The van der Waals surface area contributed by atoms with Crippen molar-refractivity contribution in [3.63, 3.8) is 0 Å². The van der Waals surface area contributed by atoms with Crippen LogP contribution in [0.25, 0.3) is 0 Å². The van der Waals surface area contributed by atoms with Crippen LogP contribution < -0.4 is 20.1 Å². The van der Waals surface area contributed by atoms with Gasteiger partial charge in [-0.15, -0.1) is 24.0 Å². The van der Waals surface area contributed by atoms with Crippen LogP contribution in [0.4, 0.5) is 0 Å². The second-order valence-electron chi connectivity index (χ2n) is 7.06. The van der Waals surface area contributed by atoms with Gasteiger partial charge in [-0.25, -0.2) is 13.4 Å². The number of nitrogens with one attached hydrogen (secondary N) is 2. The van der Waals surface area contributed by atoms with Gasteiger partial charge in [0, 0.05) is 18.9 Å². The van der Waals surface area contributed by atoms with Crippen LogP contribution >= 0.6 is 24.0 Å². The summed E-state index contributed by atoms with van der Waals surface area (Å²) in [7, 11) is -1.60. The summed E-state index contributed by atoms with van der Waals surface area (Å²) in [5.74, 6) is 2.16. The molecule has 0 aliphatic carbocycles. The molecule has 0 aliphatic rings. The molecule has 0 aliphatic heterocycles. The van der Waals surface area contributed by atoms with Gasteiger partial charge in [0.2, 0.25) is 0 Å². The number of sulfone groups is 1. The van der Waals surface area contributed by atoms with Crippen molar-refractivity contribution in [2.24, 2.45) is 4.99 Å². The molecule has 0 radical (unpaired) electrons. The Morgan fingerprint density at radius 1 is 1.13 bits per heavy atom. The Balaban J connectivity index is 0.00000480. The second-order valence-corrected chi connectivity index (χ2v) is 9.04. The lowest BCUT2D eigenvalue weighted by atomic mass is 10.1. The summed E-state index contributed by atoms with van der Waals surface area (Å²) in [5, 5.41) is 6.48. The van der Waals surface area contributed by atoms with Crippen molar-refractivity contribution in [3.05, 3.63) is 53.6 Å². The van der Waals surface area contributed by atoms with Gasteiger partial charge in [-0.2, -0.15) is 0 Å². The Hall–Kier alpha value is -2.01. The molecule has 2 aromatic rings. The Kier molecular flexibility index (Phi) is 11.1. The molecule has 0 spiro atoms. The van der Waals surface area contributed by atoms with E-state index >= 15 is 0 Å². The van der Waals surface area contributed by atoms with Gasteiger partial charge in [0.25, 0.3) is 0 Å². The molecule has 1 unspecified atom stereocenters. The average molecular weight is 561 g/mol. The molecule has 0 fully saturated rings. The standard InChI is InChI=1S/C22H31N3O4S.HI/c1-6-23-22(24-14-17(3)29-20-9-7-8-19(13-20)28-4)25-15-18-10-11-21(16(2)12-18)30(5,26)27;/h7-13,17H,6,14-15H2,1-5H3,(H2,23,24,25);1H. The van der Waals surface area contributed by atoms with Crippen molar-refractivity contribution in [2.45, 2.75) is 38.3 Å². The van der Waals surface area contributed by atoms with Crippen LogP contribution in [0.1, 0.15) is 25.0 Å². The fourth-order valence-electron chi connectivity index (χ4n) is 2.93. The minimum absolute atomic E-state index is 0. The Morgan fingerprint density at radius 3 is 2.45 bits per heavy atom. The van der Waals surface area contributed by atoms with Crippen molar-refractivity contribution in [1.29, 1.82) is 0 Å². The minimum atomic E-state index is -3.22. The highest BCUT2D eigenvalue weighted by Crippen LogP contribution is 2.20. The van der Waals surface area contributed by atoms with Crippen LogP contribution in [0, 0.1) is 6.92 Å². The zero-order chi connectivity index (χ0) is 22.1. The number of aliphatic imine (C=N–C) groups is 1. The number of hydrogen-bond donors (Lipinski definition) is 2. The first-order valence-corrected chi connectivity index (χ1v) is 11.7. The highest BCUT2D eigenvalue weighted by Gasteiger charge is 2.11. The molecule has 9 heteroatoms. The molecular formula is C22H32IN3O4S. The quantitative estimate of drug-likeness (QED) is 0.277. The molecule has 31 heavy (non-hydrogen) atoms. The zero-order valence-electron chi connectivity index (χ0n) is 18.6. The summed E-state index contributed by atoms with van der Waals surface area (Å²) in [6, 6.07) is 12.8. The number of ether oxygens (including phenoxy) is 2. The lowest BCUT2D eigenvalue weighted by Gasteiger charge is -2.18. The molecule has 0 amide bonds. The van der Waals surface area contributed by atoms with E-state index in [1.165, 1.54) is 6.26 Å². The smallest absolute Gasteiger partial charge is 0.191 e. The molecule has 2 N–H and O–H groups in total. The monoisotopic (exact) mass is 561 g/mol. The van der Waals surface area contributed by atoms with Crippen molar-refractivity contribution < 1.29 is 17.9 Å². The Morgan fingerprint density at radius 2 is 1.84 bits per heavy atom. The van der Waals surface area contributed by atoms with E-state index in [1.54, 1.807) is 26.2 Å². The molecule has 2 aromatic carbocycles. The van der Waals surface area contributed by atoms with Crippen LogP contribution in [-0.4, -0.2) is 46.9 Å². The Bertz CT molecular complexity index is 980. The number of methoxy groups -OCH3 is 1. The van der Waals surface area contributed by atoms with Gasteiger partial charge >= 0.3 is 0 Å². The number of rotatable bonds is 9. The van der Waals surface area contributed by atoms with Crippen LogP contribution in [-0.2, 0) is 16.4 Å². The number of nitrogens with zero attached hydrogens (tertiary/aromatic N) is 1. The van der Waals surface area contributed by atoms with Gasteiger partial charge in [-0.3, -0.25) is 0 Å². The molecular weight excluding hydrogens is 529 g/mol. The molecule has 172 valence electrons. The zero-order valence-corrected chi connectivity index (χ0v) is 21.8. The van der Waals surface area contributed by atoms with Crippen molar-refractivity contribution in [2.75, 3.05) is 26.5 Å². The maximum Gasteiger partial charge on any atom is 0.191 e. The second kappa shape index (κ2) is 12.7. The summed E-state index contributed by atoms with van der Waals surface area (Å²) in [6.45, 7) is 7.50. The van der Waals surface area contributed by atoms with Crippen LogP contribution in [0.3, 0.4) is 0 Å². The maximum atomic E-state index is 11.8. The number of hydrogen-bond acceptors (Lipinski definition) is 5. The van der Waals surface area contributed by atoms with Gasteiger partial charge in [0.15, 0.2) is 15.8 Å². The van der Waals surface area contributed by atoms with E-state index in [9.17, 15) is 8.42 Å². The summed E-state index contributed by atoms with van der Waals surface area (Å²) < 4.78 is 34.7. The molecule has 0 saturated heterocycles. The van der Waals surface area contributed by atoms with E-state index in [2.05, 4.69) is 15.6 Å². The van der Waals surface area contributed by atoms with E-state index in [-0.39, 0.29) is 30.1 Å². The summed E-state index contributed by atoms with van der Waals surface area (Å²) >= 11 is 0. The molecule has 2 rings (SSSR count). The van der Waals surface area contributed by atoms with E-state index in [0.717, 1.165) is 29.2 Å². The molecule has 0 heterocycles. The fraction of sp³-hybridized carbons (Fsp3) is 0.409. The van der Waals surface area contributed by atoms with E-state index in [0.29, 0.717) is 23.9 Å². The molecule has 7 nitrogen and oxygen atoms in total. The number of halogens is 1. The SMILES string of the molecule is CCNC(=NCc1ccc(S(C)(=O)=O)c(C)c1)NCC(C)Oc1cccc(OC)c1.I. The topological polar surface area (TPSA) is 89.0 Å². The first-order chi connectivity index (χ1) is 14.2. The van der Waals surface area contributed by atoms with Crippen molar-refractivity contribution >= 4 is 39.8 Å². The molecule has 0 saturated carbocycles. The summed E-state index contributed by atoms with van der Waals surface area (Å²) in [5.41, 5.74) is 1.67. The van der Waals surface area contributed by atoms with E-state index in [1.807, 2.05) is 44.2 Å². The molecule has 0 aromatic heterocycles. The van der Waals surface area contributed by atoms with Gasteiger partial charge in [-0.05, 0) is 50.1 Å². The third-order valence-corrected chi connectivity index (χ3v) is 5.60. The first kappa shape index (κ1) is 27.0. The summed E-state index contributed by atoms with van der Waals surface area (Å²) in [4.78, 5) is 4.94. The average Bonchev–Trinajstić information content (AvgIpc) is 2.69. The summed E-state index contributed by atoms with van der Waals surface area (Å²) in [6.07, 6.45) is 1.13. The van der Waals surface area contributed by atoms with Gasteiger partial charge in [0.05, 0.1) is 25.1 Å². The van der Waals surface area contributed by atoms with Gasteiger partial charge in [0.1, 0.15) is 17.6 Å². The largest absolute Gasteiger partial charge is 0.497 e.